The lowest BCUT2D eigenvalue weighted by Crippen LogP contribution is -2.54. The molecule has 1 aliphatic rings. The lowest BCUT2D eigenvalue weighted by atomic mass is 10.1. The largest absolute Gasteiger partial charge is 0.335 e. The Bertz CT molecular complexity index is 736. The van der Waals surface area contributed by atoms with Crippen LogP contribution in [-0.2, 0) is 9.59 Å². The van der Waals surface area contributed by atoms with Gasteiger partial charge in [-0.15, -0.1) is 11.3 Å². The fourth-order valence-corrected chi connectivity index (χ4v) is 2.64. The van der Waals surface area contributed by atoms with Crippen molar-refractivity contribution in [3.8, 4) is 0 Å². The van der Waals surface area contributed by atoms with Gasteiger partial charge in [-0.05, 0) is 29.7 Å². The van der Waals surface area contributed by atoms with Crippen molar-refractivity contribution in [3.63, 3.8) is 0 Å². The number of carbonyl (C=O) groups excluding carboxylic acids is 3. The van der Waals surface area contributed by atoms with Crippen LogP contribution in [0.2, 0.25) is 0 Å². The first-order valence-corrected chi connectivity index (χ1v) is 7.05. The summed E-state index contributed by atoms with van der Waals surface area (Å²) in [5.41, 5.74) is 0.366. The number of imide groups is 2. The summed E-state index contributed by atoms with van der Waals surface area (Å²) in [6, 6.07) is 11.4. The van der Waals surface area contributed by atoms with Crippen LogP contribution in [0.1, 0.15) is 4.88 Å². The zero-order valence-corrected chi connectivity index (χ0v) is 11.6. The van der Waals surface area contributed by atoms with Crippen LogP contribution in [0, 0.1) is 0 Å². The molecule has 3 rings (SSSR count). The van der Waals surface area contributed by atoms with Crippen molar-refractivity contribution in [2.45, 2.75) is 0 Å². The van der Waals surface area contributed by atoms with Crippen molar-refractivity contribution >= 4 is 40.9 Å². The van der Waals surface area contributed by atoms with E-state index in [9.17, 15) is 14.4 Å². The summed E-state index contributed by atoms with van der Waals surface area (Å²) in [5, 5.41) is 4.03. The van der Waals surface area contributed by atoms with E-state index in [1.807, 2.05) is 11.4 Å². The fourth-order valence-electron chi connectivity index (χ4n) is 1.98. The molecule has 0 atom stereocenters. The minimum Gasteiger partial charge on any atom is -0.273 e. The second-order valence-electron chi connectivity index (χ2n) is 4.31. The van der Waals surface area contributed by atoms with Crippen LogP contribution in [-0.4, -0.2) is 17.8 Å². The third-order valence-corrected chi connectivity index (χ3v) is 3.77. The van der Waals surface area contributed by atoms with Gasteiger partial charge in [-0.2, -0.15) is 0 Å². The monoisotopic (exact) mass is 298 g/mol. The molecule has 1 fully saturated rings. The van der Waals surface area contributed by atoms with Gasteiger partial charge in [0.15, 0.2) is 0 Å². The molecule has 1 N–H and O–H groups in total. The van der Waals surface area contributed by atoms with E-state index >= 15 is 0 Å². The second kappa shape index (κ2) is 5.34. The maximum atomic E-state index is 12.5. The van der Waals surface area contributed by atoms with Gasteiger partial charge in [0.1, 0.15) is 5.57 Å². The number of amides is 4. The number of barbiturate groups is 1. The van der Waals surface area contributed by atoms with Gasteiger partial charge in [-0.3, -0.25) is 14.9 Å². The highest BCUT2D eigenvalue weighted by atomic mass is 32.1. The van der Waals surface area contributed by atoms with E-state index in [0.29, 0.717) is 5.69 Å². The molecule has 4 amide bonds. The van der Waals surface area contributed by atoms with Crippen molar-refractivity contribution in [2.24, 2.45) is 0 Å². The smallest absolute Gasteiger partial charge is 0.273 e. The third-order valence-electron chi connectivity index (χ3n) is 2.95. The van der Waals surface area contributed by atoms with Crippen molar-refractivity contribution in [3.05, 3.63) is 58.3 Å². The number of benzene rings is 1. The van der Waals surface area contributed by atoms with Gasteiger partial charge in [0.05, 0.1) is 5.69 Å². The molecule has 0 spiro atoms. The number of hydrogen-bond acceptors (Lipinski definition) is 4. The van der Waals surface area contributed by atoms with Crippen LogP contribution in [0.3, 0.4) is 0 Å². The van der Waals surface area contributed by atoms with Crippen molar-refractivity contribution < 1.29 is 14.4 Å². The maximum Gasteiger partial charge on any atom is 0.335 e. The first kappa shape index (κ1) is 13.3. The molecule has 6 heteroatoms. The Labute approximate surface area is 124 Å². The molecular formula is C15H10N2O3S. The summed E-state index contributed by atoms with van der Waals surface area (Å²) in [5.74, 6) is -1.30. The summed E-state index contributed by atoms with van der Waals surface area (Å²) in [6.45, 7) is 0. The highest BCUT2D eigenvalue weighted by Gasteiger charge is 2.36. The van der Waals surface area contributed by atoms with Gasteiger partial charge in [0.25, 0.3) is 11.8 Å². The Morgan fingerprint density at radius 2 is 1.76 bits per heavy atom. The summed E-state index contributed by atoms with van der Waals surface area (Å²) in [4.78, 5) is 38.0. The topological polar surface area (TPSA) is 66.5 Å². The van der Waals surface area contributed by atoms with Gasteiger partial charge >= 0.3 is 6.03 Å². The number of nitrogens with zero attached hydrogens (tertiary/aromatic N) is 1. The molecule has 0 bridgehead atoms. The molecule has 0 radical (unpaired) electrons. The Kier molecular flexibility index (Phi) is 3.37. The zero-order valence-electron chi connectivity index (χ0n) is 10.8. The Balaban J connectivity index is 2.02. The van der Waals surface area contributed by atoms with Gasteiger partial charge in [-0.25, -0.2) is 9.69 Å². The zero-order chi connectivity index (χ0) is 14.8. The van der Waals surface area contributed by atoms with Crippen LogP contribution >= 0.6 is 11.3 Å². The molecule has 0 aliphatic carbocycles. The number of urea groups is 1. The Hall–Kier alpha value is -2.73. The average Bonchev–Trinajstić information content (AvgIpc) is 2.97. The van der Waals surface area contributed by atoms with E-state index in [4.69, 9.17) is 0 Å². The van der Waals surface area contributed by atoms with Crippen molar-refractivity contribution in [1.82, 2.24) is 5.32 Å². The van der Waals surface area contributed by atoms with Gasteiger partial charge in [-0.1, -0.05) is 24.3 Å². The minimum atomic E-state index is -0.737. The standard InChI is InChI=1S/C15H10N2O3S/c18-13-12(9-11-7-4-8-21-11)14(19)17(15(20)16-13)10-5-2-1-3-6-10/h1-9H,(H,16,18,20). The highest BCUT2D eigenvalue weighted by Crippen LogP contribution is 2.22. The molecule has 1 saturated heterocycles. The Morgan fingerprint density at radius 1 is 1.00 bits per heavy atom. The van der Waals surface area contributed by atoms with Gasteiger partial charge in [0.2, 0.25) is 0 Å². The minimum absolute atomic E-state index is 0.0547. The Morgan fingerprint density at radius 3 is 2.43 bits per heavy atom. The molecule has 2 heterocycles. The summed E-state index contributed by atoms with van der Waals surface area (Å²) in [6.07, 6.45) is 1.49. The molecule has 1 aromatic carbocycles. The van der Waals surface area contributed by atoms with Gasteiger partial charge in [0, 0.05) is 4.88 Å². The lowest BCUT2D eigenvalue weighted by Gasteiger charge is -2.26. The van der Waals surface area contributed by atoms with E-state index in [2.05, 4.69) is 5.32 Å². The van der Waals surface area contributed by atoms with Gasteiger partial charge < -0.3 is 0 Å². The summed E-state index contributed by atoms with van der Waals surface area (Å²) >= 11 is 1.41. The van der Waals surface area contributed by atoms with Crippen LogP contribution in [0.4, 0.5) is 10.5 Å². The molecule has 1 aliphatic heterocycles. The average molecular weight is 298 g/mol. The van der Waals surface area contributed by atoms with E-state index in [-0.39, 0.29) is 5.57 Å². The predicted octanol–water partition coefficient (Wildman–Crippen LogP) is 2.41. The summed E-state index contributed by atoms with van der Waals surface area (Å²) in [7, 11) is 0. The van der Waals surface area contributed by atoms with Crippen molar-refractivity contribution in [1.29, 1.82) is 0 Å². The van der Waals surface area contributed by atoms with Crippen molar-refractivity contribution in [2.75, 3.05) is 4.90 Å². The summed E-state index contributed by atoms with van der Waals surface area (Å²) < 4.78 is 0. The van der Waals surface area contributed by atoms with Crippen LogP contribution < -0.4 is 10.2 Å². The first-order chi connectivity index (χ1) is 10.2. The molecule has 21 heavy (non-hydrogen) atoms. The number of anilines is 1. The van der Waals surface area contributed by atoms with Crippen LogP contribution in [0.5, 0.6) is 0 Å². The number of nitrogens with one attached hydrogen (secondary N) is 1. The predicted molar refractivity (Wildman–Crippen MR) is 79.8 cm³/mol. The fraction of sp³-hybridized carbons (Fsp3) is 0. The number of thiophene rings is 1. The molecule has 5 nitrogen and oxygen atoms in total. The van der Waals surface area contributed by atoms with Crippen LogP contribution in [0.15, 0.2) is 53.4 Å². The highest BCUT2D eigenvalue weighted by molar-refractivity contribution is 7.10. The SMILES string of the molecule is O=C1NC(=O)N(c2ccccc2)C(=O)C1=Cc1cccs1. The normalized spacial score (nSPS) is 17.2. The third kappa shape index (κ3) is 2.48. The number of rotatable bonds is 2. The quantitative estimate of drug-likeness (QED) is 0.684. The number of para-hydroxylation sites is 1. The lowest BCUT2D eigenvalue weighted by molar-refractivity contribution is -0.122. The molecule has 0 unspecified atom stereocenters. The molecule has 1 aromatic heterocycles. The molecule has 104 valence electrons. The van der Waals surface area contributed by atoms with E-state index in [0.717, 1.165) is 9.78 Å². The molecular weight excluding hydrogens is 288 g/mol. The molecule has 2 aromatic rings. The molecule has 0 saturated carbocycles. The van der Waals surface area contributed by atoms with E-state index in [1.54, 1.807) is 36.4 Å². The number of carbonyl (C=O) groups is 3. The first-order valence-electron chi connectivity index (χ1n) is 6.17. The van der Waals surface area contributed by atoms with E-state index in [1.165, 1.54) is 17.4 Å². The second-order valence-corrected chi connectivity index (χ2v) is 5.29. The van der Waals surface area contributed by atoms with E-state index < -0.39 is 17.8 Å². The number of hydrogen-bond donors (Lipinski definition) is 1. The maximum absolute atomic E-state index is 12.5. The van der Waals surface area contributed by atoms with Crippen LogP contribution in [0.25, 0.3) is 6.08 Å².